The van der Waals surface area contributed by atoms with Crippen LogP contribution in [0.2, 0.25) is 0 Å². The molecule has 0 atom stereocenters. The second kappa shape index (κ2) is 4.93. The van der Waals surface area contributed by atoms with E-state index in [4.69, 9.17) is 0 Å². The van der Waals surface area contributed by atoms with Crippen molar-refractivity contribution < 1.29 is 4.79 Å². The molecule has 0 fully saturated rings. The van der Waals surface area contributed by atoms with Crippen LogP contribution in [-0.4, -0.2) is 41.9 Å². The quantitative estimate of drug-likeness (QED) is 0.795. The minimum Gasteiger partial charge on any atom is -0.328 e. The Morgan fingerprint density at radius 1 is 1.23 bits per heavy atom. The van der Waals surface area contributed by atoms with E-state index < -0.39 is 0 Å². The first-order valence-corrected chi connectivity index (χ1v) is 7.50. The van der Waals surface area contributed by atoms with Crippen molar-refractivity contribution in [3.63, 3.8) is 0 Å². The summed E-state index contributed by atoms with van der Waals surface area (Å²) in [6.45, 7) is 10.0. The summed E-state index contributed by atoms with van der Waals surface area (Å²) in [5.41, 5.74) is 1.50. The molecule has 0 saturated carbocycles. The van der Waals surface area contributed by atoms with Crippen LogP contribution in [0.4, 0.5) is 0 Å². The first-order chi connectivity index (χ1) is 10.3. The van der Waals surface area contributed by atoms with Gasteiger partial charge in [0.05, 0.1) is 13.1 Å². The van der Waals surface area contributed by atoms with E-state index in [-0.39, 0.29) is 11.3 Å². The number of aryl methyl sites for hydroxylation is 2. The van der Waals surface area contributed by atoms with E-state index in [0.717, 1.165) is 17.3 Å². The molecule has 3 heterocycles. The molecule has 0 aliphatic carbocycles. The van der Waals surface area contributed by atoms with E-state index in [1.54, 1.807) is 9.58 Å². The van der Waals surface area contributed by atoms with E-state index in [1.165, 1.54) is 0 Å². The maximum absolute atomic E-state index is 12.7. The van der Waals surface area contributed by atoms with Crippen LogP contribution in [0, 0.1) is 6.92 Å². The van der Waals surface area contributed by atoms with Gasteiger partial charge < -0.3 is 4.90 Å². The topological polar surface area (TPSA) is 68.8 Å². The summed E-state index contributed by atoms with van der Waals surface area (Å²) in [5, 5.41) is 8.71. The van der Waals surface area contributed by atoms with Crippen LogP contribution in [0.25, 0.3) is 0 Å². The standard InChI is InChI=1S/C15H22N6O/c1-10-16-13-9-20(6-7-21(13)17-10)14(22)11-8-12(15(2,3)4)19(5)18-11/h8H,6-7,9H2,1-5H3. The van der Waals surface area contributed by atoms with E-state index in [2.05, 4.69) is 36.0 Å². The number of rotatable bonds is 1. The van der Waals surface area contributed by atoms with E-state index in [1.807, 2.05) is 24.7 Å². The number of hydrogen-bond acceptors (Lipinski definition) is 4. The first-order valence-electron chi connectivity index (χ1n) is 7.50. The van der Waals surface area contributed by atoms with Gasteiger partial charge >= 0.3 is 0 Å². The van der Waals surface area contributed by atoms with Gasteiger partial charge in [-0.3, -0.25) is 9.48 Å². The van der Waals surface area contributed by atoms with Crippen LogP contribution in [0.1, 0.15) is 48.6 Å². The average molecular weight is 302 g/mol. The van der Waals surface area contributed by atoms with Gasteiger partial charge in [0.1, 0.15) is 11.6 Å². The summed E-state index contributed by atoms with van der Waals surface area (Å²) < 4.78 is 3.67. The SMILES string of the molecule is Cc1nc2n(n1)CCN(C(=O)c1cc(C(C)(C)C)n(C)n1)C2. The molecule has 0 saturated heterocycles. The van der Waals surface area contributed by atoms with E-state index in [0.29, 0.717) is 25.3 Å². The summed E-state index contributed by atoms with van der Waals surface area (Å²) in [6, 6.07) is 1.90. The molecular formula is C15H22N6O. The summed E-state index contributed by atoms with van der Waals surface area (Å²) in [4.78, 5) is 18.9. The Bertz CT molecular complexity index is 721. The molecule has 1 aliphatic heterocycles. The van der Waals surface area contributed by atoms with Crippen molar-refractivity contribution in [2.24, 2.45) is 7.05 Å². The minimum absolute atomic E-state index is 0.0422. The van der Waals surface area contributed by atoms with Crippen LogP contribution in [0.5, 0.6) is 0 Å². The number of hydrogen-bond donors (Lipinski definition) is 0. The van der Waals surface area contributed by atoms with Crippen molar-refractivity contribution in [3.8, 4) is 0 Å². The lowest BCUT2D eigenvalue weighted by atomic mass is 9.92. The molecule has 2 aromatic heterocycles. The van der Waals surface area contributed by atoms with Crippen molar-refractivity contribution >= 4 is 5.91 Å². The van der Waals surface area contributed by atoms with Crippen LogP contribution < -0.4 is 0 Å². The van der Waals surface area contributed by atoms with E-state index in [9.17, 15) is 4.79 Å². The van der Waals surface area contributed by atoms with Gasteiger partial charge in [0, 0.05) is 24.7 Å². The van der Waals surface area contributed by atoms with Gasteiger partial charge in [-0.25, -0.2) is 9.67 Å². The highest BCUT2D eigenvalue weighted by molar-refractivity contribution is 5.92. The molecule has 2 aromatic rings. The average Bonchev–Trinajstić information content (AvgIpc) is 2.98. The summed E-state index contributed by atoms with van der Waals surface area (Å²) in [5.74, 6) is 1.54. The molecule has 7 heteroatoms. The summed E-state index contributed by atoms with van der Waals surface area (Å²) in [6.07, 6.45) is 0. The number of amides is 1. The van der Waals surface area contributed by atoms with Gasteiger partial charge in [-0.15, -0.1) is 0 Å². The Morgan fingerprint density at radius 3 is 2.59 bits per heavy atom. The Hall–Kier alpha value is -2.18. The molecule has 0 spiro atoms. The maximum Gasteiger partial charge on any atom is 0.274 e. The fraction of sp³-hybridized carbons (Fsp3) is 0.600. The largest absolute Gasteiger partial charge is 0.328 e. The monoisotopic (exact) mass is 302 g/mol. The van der Waals surface area contributed by atoms with Crippen LogP contribution in [0.3, 0.4) is 0 Å². The molecule has 0 radical (unpaired) electrons. The third kappa shape index (κ3) is 2.51. The Labute approximate surface area is 129 Å². The third-order valence-corrected chi connectivity index (χ3v) is 3.92. The summed E-state index contributed by atoms with van der Waals surface area (Å²) >= 11 is 0. The molecule has 0 aromatic carbocycles. The second-order valence-electron chi connectivity index (χ2n) is 6.81. The van der Waals surface area contributed by atoms with Crippen LogP contribution in [0.15, 0.2) is 6.07 Å². The van der Waals surface area contributed by atoms with Crippen molar-refractivity contribution in [2.45, 2.75) is 46.2 Å². The highest BCUT2D eigenvalue weighted by Crippen LogP contribution is 2.23. The van der Waals surface area contributed by atoms with Gasteiger partial charge in [0.15, 0.2) is 5.69 Å². The zero-order valence-electron chi connectivity index (χ0n) is 13.8. The zero-order chi connectivity index (χ0) is 16.1. The maximum atomic E-state index is 12.7. The lowest BCUT2D eigenvalue weighted by Gasteiger charge is -2.25. The lowest BCUT2D eigenvalue weighted by molar-refractivity contribution is 0.0695. The minimum atomic E-state index is -0.0435. The van der Waals surface area contributed by atoms with E-state index >= 15 is 0 Å². The second-order valence-corrected chi connectivity index (χ2v) is 6.81. The molecule has 7 nitrogen and oxygen atoms in total. The Balaban J connectivity index is 1.84. The predicted octanol–water partition coefficient (Wildman–Crippen LogP) is 1.27. The van der Waals surface area contributed by atoms with Gasteiger partial charge in [-0.2, -0.15) is 10.2 Å². The molecule has 0 N–H and O–H groups in total. The highest BCUT2D eigenvalue weighted by Gasteiger charge is 2.27. The molecule has 0 unspecified atom stereocenters. The molecule has 118 valence electrons. The predicted molar refractivity (Wildman–Crippen MR) is 81.4 cm³/mol. The summed E-state index contributed by atoms with van der Waals surface area (Å²) in [7, 11) is 1.88. The first kappa shape index (κ1) is 14.7. The third-order valence-electron chi connectivity index (χ3n) is 3.92. The van der Waals surface area contributed by atoms with Gasteiger partial charge in [0.25, 0.3) is 5.91 Å². The molecular weight excluding hydrogens is 280 g/mol. The fourth-order valence-corrected chi connectivity index (χ4v) is 2.87. The van der Waals surface area contributed by atoms with Gasteiger partial charge in [-0.05, 0) is 13.0 Å². The molecule has 1 amide bonds. The van der Waals surface area contributed by atoms with Crippen molar-refractivity contribution in [2.75, 3.05) is 6.54 Å². The van der Waals surface area contributed by atoms with Gasteiger partial charge in [0.2, 0.25) is 0 Å². The molecule has 3 rings (SSSR count). The molecule has 22 heavy (non-hydrogen) atoms. The number of nitrogens with zero attached hydrogens (tertiary/aromatic N) is 6. The van der Waals surface area contributed by atoms with Crippen molar-refractivity contribution in [3.05, 3.63) is 29.1 Å². The lowest BCUT2D eigenvalue weighted by Crippen LogP contribution is -2.39. The van der Waals surface area contributed by atoms with Crippen molar-refractivity contribution in [1.82, 2.24) is 29.4 Å². The smallest absolute Gasteiger partial charge is 0.274 e. The molecule has 1 aliphatic rings. The van der Waals surface area contributed by atoms with Crippen molar-refractivity contribution in [1.29, 1.82) is 0 Å². The van der Waals surface area contributed by atoms with Gasteiger partial charge in [-0.1, -0.05) is 20.8 Å². The zero-order valence-corrected chi connectivity index (χ0v) is 13.8. The number of carbonyl (C=O) groups is 1. The normalized spacial score (nSPS) is 15.0. The number of aromatic nitrogens is 5. The highest BCUT2D eigenvalue weighted by atomic mass is 16.2. The Morgan fingerprint density at radius 2 is 1.95 bits per heavy atom. The fourth-order valence-electron chi connectivity index (χ4n) is 2.87. The number of carbonyl (C=O) groups excluding carboxylic acids is 1. The Kier molecular flexibility index (Phi) is 3.30. The van der Waals surface area contributed by atoms with Crippen LogP contribution in [-0.2, 0) is 25.6 Å². The number of fused-ring (bicyclic) bond motifs is 1. The van der Waals surface area contributed by atoms with Crippen LogP contribution >= 0.6 is 0 Å². The molecule has 0 bridgehead atoms.